The van der Waals surface area contributed by atoms with E-state index < -0.39 is 17.6 Å². The molecule has 1 aliphatic rings. The molecule has 0 heterocycles. The minimum atomic E-state index is -4.71. The predicted octanol–water partition coefficient (Wildman–Crippen LogP) is 9.30. The smallest absolute Gasteiger partial charge is 0.206 e. The molecule has 0 saturated heterocycles. The van der Waals surface area contributed by atoms with Gasteiger partial charge in [0.2, 0.25) is 0 Å². The van der Waals surface area contributed by atoms with Crippen LogP contribution in [0.3, 0.4) is 0 Å². The number of halogens is 4. The lowest BCUT2D eigenvalue weighted by molar-refractivity contribution is -0.140. The molecule has 1 fully saturated rings. The third kappa shape index (κ3) is 6.07. The van der Waals surface area contributed by atoms with Crippen LogP contribution in [0.15, 0.2) is 43.0 Å². The van der Waals surface area contributed by atoms with Crippen molar-refractivity contribution in [3.05, 3.63) is 82.2 Å². The molecule has 1 aliphatic carbocycles. The first-order valence-corrected chi connectivity index (χ1v) is 12.3. The molecule has 0 N–H and O–H groups in total. The van der Waals surface area contributed by atoms with Gasteiger partial charge < -0.3 is 0 Å². The van der Waals surface area contributed by atoms with Crippen LogP contribution in [0.5, 0.6) is 0 Å². The molecular formula is C29H36F4. The number of allylic oxidation sites excluding steroid dienone is 1. The maximum absolute atomic E-state index is 15.4. The van der Waals surface area contributed by atoms with Gasteiger partial charge in [-0.3, -0.25) is 0 Å². The Bertz CT molecular complexity index is 932. The van der Waals surface area contributed by atoms with E-state index in [2.05, 4.69) is 32.6 Å². The van der Waals surface area contributed by atoms with Gasteiger partial charge in [0.15, 0.2) is 0 Å². The molecule has 180 valence electrons. The number of hydrogen-bond acceptors (Lipinski definition) is 0. The third-order valence-corrected chi connectivity index (χ3v) is 7.39. The van der Waals surface area contributed by atoms with Crippen molar-refractivity contribution >= 4 is 0 Å². The largest absolute Gasteiger partial charge is 0.419 e. The average Bonchev–Trinajstić information content (AvgIpc) is 2.79. The summed E-state index contributed by atoms with van der Waals surface area (Å²) in [4.78, 5) is 0. The molecule has 0 radical (unpaired) electrons. The molecule has 4 heteroatoms. The predicted molar refractivity (Wildman–Crippen MR) is 128 cm³/mol. The van der Waals surface area contributed by atoms with E-state index in [1.165, 1.54) is 5.56 Å². The molecule has 1 atom stereocenters. The highest BCUT2D eigenvalue weighted by molar-refractivity contribution is 5.44. The molecule has 0 spiro atoms. The zero-order chi connectivity index (χ0) is 24.2. The van der Waals surface area contributed by atoms with Gasteiger partial charge in [0.05, 0.1) is 5.56 Å². The van der Waals surface area contributed by atoms with Crippen molar-refractivity contribution in [2.45, 2.75) is 90.1 Å². The van der Waals surface area contributed by atoms with Crippen molar-refractivity contribution in [1.29, 1.82) is 0 Å². The van der Waals surface area contributed by atoms with Gasteiger partial charge in [-0.15, -0.1) is 6.58 Å². The maximum atomic E-state index is 15.4. The molecule has 3 rings (SSSR count). The van der Waals surface area contributed by atoms with E-state index >= 15 is 4.39 Å². The summed E-state index contributed by atoms with van der Waals surface area (Å²) in [5, 5.41) is 0. The summed E-state index contributed by atoms with van der Waals surface area (Å²) in [5.74, 6) is -0.379. The zero-order valence-electron chi connectivity index (χ0n) is 20.1. The van der Waals surface area contributed by atoms with Gasteiger partial charge in [-0.2, -0.15) is 13.2 Å². The molecular weight excluding hydrogens is 424 g/mol. The van der Waals surface area contributed by atoms with Crippen molar-refractivity contribution < 1.29 is 17.6 Å². The summed E-state index contributed by atoms with van der Waals surface area (Å²) in [6, 6.07) is 9.79. The van der Waals surface area contributed by atoms with Gasteiger partial charge >= 0.3 is 6.18 Å². The first-order chi connectivity index (χ1) is 15.7. The Morgan fingerprint density at radius 1 is 1.06 bits per heavy atom. The summed E-state index contributed by atoms with van der Waals surface area (Å²) < 4.78 is 57.5. The van der Waals surface area contributed by atoms with E-state index in [1.54, 1.807) is 13.0 Å². The van der Waals surface area contributed by atoms with Crippen molar-refractivity contribution in [3.63, 3.8) is 0 Å². The monoisotopic (exact) mass is 460 g/mol. The molecule has 0 amide bonds. The average molecular weight is 461 g/mol. The van der Waals surface area contributed by atoms with Crippen LogP contribution in [0, 0.1) is 18.7 Å². The van der Waals surface area contributed by atoms with E-state index in [0.717, 1.165) is 31.2 Å². The van der Waals surface area contributed by atoms with Gasteiger partial charge in [-0.05, 0) is 97.4 Å². The first kappa shape index (κ1) is 25.5. The Morgan fingerprint density at radius 2 is 1.70 bits per heavy atom. The van der Waals surface area contributed by atoms with Crippen LogP contribution in [0.25, 0.3) is 0 Å². The molecule has 1 saturated carbocycles. The van der Waals surface area contributed by atoms with Crippen LogP contribution < -0.4 is 0 Å². The minimum Gasteiger partial charge on any atom is -0.206 e. The highest BCUT2D eigenvalue weighted by Crippen LogP contribution is 2.43. The Kier molecular flexibility index (Phi) is 8.42. The summed E-state index contributed by atoms with van der Waals surface area (Å²) in [6.45, 7) is 9.85. The summed E-state index contributed by atoms with van der Waals surface area (Å²) in [7, 11) is 0. The highest BCUT2D eigenvalue weighted by Gasteiger charge is 2.39. The Labute approximate surface area is 196 Å². The minimum absolute atomic E-state index is 0.0898. The quantitative estimate of drug-likeness (QED) is 0.272. The molecule has 33 heavy (non-hydrogen) atoms. The highest BCUT2D eigenvalue weighted by atomic mass is 19.4. The fourth-order valence-corrected chi connectivity index (χ4v) is 5.32. The second-order valence-corrected chi connectivity index (χ2v) is 9.73. The SMILES string of the molecule is C=CC1CCC(c2cc(C)c(CCc3ccc(C(C)CCC)cc3)c(C(F)(F)F)c2F)CC1. The third-order valence-electron chi connectivity index (χ3n) is 7.39. The topological polar surface area (TPSA) is 0 Å². The van der Waals surface area contributed by atoms with E-state index in [4.69, 9.17) is 0 Å². The van der Waals surface area contributed by atoms with Crippen molar-refractivity contribution in [2.24, 2.45) is 5.92 Å². The second-order valence-electron chi connectivity index (χ2n) is 9.73. The second kappa shape index (κ2) is 10.9. The lowest BCUT2D eigenvalue weighted by Crippen LogP contribution is -2.19. The van der Waals surface area contributed by atoms with Crippen LogP contribution in [-0.2, 0) is 19.0 Å². The van der Waals surface area contributed by atoms with E-state index in [0.29, 0.717) is 36.7 Å². The van der Waals surface area contributed by atoms with Gasteiger partial charge in [0, 0.05) is 0 Å². The fraction of sp³-hybridized carbons (Fsp3) is 0.517. The fourth-order valence-electron chi connectivity index (χ4n) is 5.32. The number of benzene rings is 2. The van der Waals surface area contributed by atoms with Crippen molar-refractivity contribution in [1.82, 2.24) is 0 Å². The lowest BCUT2D eigenvalue weighted by Gasteiger charge is -2.29. The van der Waals surface area contributed by atoms with Gasteiger partial charge in [-0.1, -0.05) is 56.7 Å². The molecule has 0 nitrogen and oxygen atoms in total. The van der Waals surface area contributed by atoms with Gasteiger partial charge in [0.1, 0.15) is 5.82 Å². The van der Waals surface area contributed by atoms with Crippen LogP contribution in [0.2, 0.25) is 0 Å². The van der Waals surface area contributed by atoms with Crippen LogP contribution in [-0.4, -0.2) is 0 Å². The number of rotatable bonds is 8. The summed E-state index contributed by atoms with van der Waals surface area (Å²) >= 11 is 0. The molecule has 1 unspecified atom stereocenters. The normalized spacial score (nSPS) is 20.0. The molecule has 0 aromatic heterocycles. The molecule has 0 bridgehead atoms. The lowest BCUT2D eigenvalue weighted by atomic mass is 9.77. The number of hydrogen-bond donors (Lipinski definition) is 0. The molecule has 2 aromatic carbocycles. The summed E-state index contributed by atoms with van der Waals surface area (Å²) in [6.07, 6.45) is 3.13. The number of alkyl halides is 3. The van der Waals surface area contributed by atoms with E-state index in [9.17, 15) is 13.2 Å². The Hall–Kier alpha value is -2.10. The number of aryl methyl sites for hydroxylation is 2. The van der Waals surface area contributed by atoms with E-state index in [-0.39, 0.29) is 23.5 Å². The van der Waals surface area contributed by atoms with Crippen LogP contribution in [0.1, 0.15) is 97.6 Å². The van der Waals surface area contributed by atoms with E-state index in [1.807, 2.05) is 18.2 Å². The standard InChI is InChI=1S/C29H36F4/c1-5-7-19(3)23-13-10-22(11-14-23)12-17-25-20(4)18-26(28(30)27(25)29(31,32)33)24-15-8-21(6-2)9-16-24/h6,10-11,13-14,18-19,21,24H,2,5,7-9,12,15-17H2,1,3-4H3. The van der Waals surface area contributed by atoms with Crippen molar-refractivity contribution in [2.75, 3.05) is 0 Å². The van der Waals surface area contributed by atoms with Gasteiger partial charge in [-0.25, -0.2) is 4.39 Å². The van der Waals surface area contributed by atoms with Crippen molar-refractivity contribution in [3.8, 4) is 0 Å². The maximum Gasteiger partial charge on any atom is 0.419 e. The summed E-state index contributed by atoms with van der Waals surface area (Å²) in [5.41, 5.74) is 2.03. The van der Waals surface area contributed by atoms with Crippen LogP contribution >= 0.6 is 0 Å². The van der Waals surface area contributed by atoms with Gasteiger partial charge in [0.25, 0.3) is 0 Å². The Morgan fingerprint density at radius 3 is 2.24 bits per heavy atom. The zero-order valence-corrected chi connectivity index (χ0v) is 20.1. The van der Waals surface area contributed by atoms with Crippen LogP contribution in [0.4, 0.5) is 17.6 Å². The Balaban J connectivity index is 1.84. The molecule has 2 aromatic rings. The first-order valence-electron chi connectivity index (χ1n) is 12.3. The molecule has 0 aliphatic heterocycles.